The van der Waals surface area contributed by atoms with Crippen molar-refractivity contribution in [1.29, 1.82) is 0 Å². The number of hydrogen-bond donors (Lipinski definition) is 1. The van der Waals surface area contributed by atoms with E-state index in [4.69, 9.17) is 4.74 Å². The highest BCUT2D eigenvalue weighted by Crippen LogP contribution is 2.40. The van der Waals surface area contributed by atoms with Crippen LogP contribution >= 0.6 is 11.8 Å². The second kappa shape index (κ2) is 6.73. The van der Waals surface area contributed by atoms with Crippen molar-refractivity contribution >= 4 is 27.7 Å². The molecule has 8 nitrogen and oxygen atoms in total. The predicted octanol–water partition coefficient (Wildman–Crippen LogP) is 0.0909. The van der Waals surface area contributed by atoms with E-state index < -0.39 is 10.0 Å². The van der Waals surface area contributed by atoms with Gasteiger partial charge >= 0.3 is 0 Å². The Morgan fingerprint density at radius 1 is 1.32 bits per heavy atom. The summed E-state index contributed by atoms with van der Waals surface area (Å²) in [4.78, 5) is 2.22. The first-order valence-electron chi connectivity index (χ1n) is 7.39. The fraction of sp³-hybridized carbons (Fsp3) is 0.833. The van der Waals surface area contributed by atoms with Crippen molar-refractivity contribution in [2.75, 3.05) is 49.8 Å². The van der Waals surface area contributed by atoms with Gasteiger partial charge in [0, 0.05) is 31.4 Å². The minimum Gasteiger partial charge on any atom is -0.378 e. The topological polar surface area (TPSA) is 89.3 Å². The van der Waals surface area contributed by atoms with Crippen molar-refractivity contribution in [3.05, 3.63) is 0 Å². The number of aromatic nitrogens is 3. The van der Waals surface area contributed by atoms with Gasteiger partial charge in [-0.1, -0.05) is 11.8 Å². The third-order valence-electron chi connectivity index (χ3n) is 3.55. The summed E-state index contributed by atoms with van der Waals surface area (Å²) < 4.78 is 32.2. The van der Waals surface area contributed by atoms with Crippen LogP contribution in [0.15, 0.2) is 5.16 Å². The largest absolute Gasteiger partial charge is 0.378 e. The van der Waals surface area contributed by atoms with Gasteiger partial charge in [0.05, 0.1) is 19.5 Å². The SMILES string of the molecule is CS(=O)(=O)NCCSc1nnc(N2CCOCC2)n1C1CC1. The van der Waals surface area contributed by atoms with E-state index in [2.05, 4.69) is 24.4 Å². The van der Waals surface area contributed by atoms with Gasteiger partial charge in [0.1, 0.15) is 0 Å². The monoisotopic (exact) mass is 347 g/mol. The maximum Gasteiger partial charge on any atom is 0.228 e. The molecule has 0 bridgehead atoms. The summed E-state index contributed by atoms with van der Waals surface area (Å²) >= 11 is 1.55. The fourth-order valence-electron chi connectivity index (χ4n) is 2.37. The van der Waals surface area contributed by atoms with Crippen molar-refractivity contribution in [3.63, 3.8) is 0 Å². The van der Waals surface area contributed by atoms with Crippen molar-refractivity contribution < 1.29 is 13.2 Å². The summed E-state index contributed by atoms with van der Waals surface area (Å²) in [6.07, 6.45) is 3.48. The normalized spacial score (nSPS) is 19.6. The Morgan fingerprint density at radius 2 is 2.05 bits per heavy atom. The van der Waals surface area contributed by atoms with E-state index in [-0.39, 0.29) is 0 Å². The molecule has 3 rings (SSSR count). The molecule has 0 amide bonds. The van der Waals surface area contributed by atoms with Crippen LogP contribution in [0.4, 0.5) is 5.95 Å². The van der Waals surface area contributed by atoms with Gasteiger partial charge in [0.15, 0.2) is 5.16 Å². The molecule has 0 aromatic carbocycles. The summed E-state index contributed by atoms with van der Waals surface area (Å²) in [5.41, 5.74) is 0. The minimum absolute atomic E-state index is 0.397. The number of nitrogens with one attached hydrogen (secondary N) is 1. The zero-order valence-electron chi connectivity index (χ0n) is 12.6. The number of nitrogens with zero attached hydrogens (tertiary/aromatic N) is 4. The van der Waals surface area contributed by atoms with Gasteiger partial charge in [-0.05, 0) is 12.8 Å². The first kappa shape index (κ1) is 16.0. The summed E-state index contributed by atoms with van der Waals surface area (Å²) in [6, 6.07) is 0.484. The van der Waals surface area contributed by atoms with E-state index >= 15 is 0 Å². The van der Waals surface area contributed by atoms with Crippen LogP contribution in [0.5, 0.6) is 0 Å². The molecule has 22 heavy (non-hydrogen) atoms. The van der Waals surface area contributed by atoms with Crippen LogP contribution in [0.2, 0.25) is 0 Å². The van der Waals surface area contributed by atoms with Gasteiger partial charge in [-0.3, -0.25) is 4.57 Å². The molecule has 0 spiro atoms. The average molecular weight is 347 g/mol. The van der Waals surface area contributed by atoms with Crippen LogP contribution in [-0.4, -0.2) is 68.0 Å². The lowest BCUT2D eigenvalue weighted by Gasteiger charge is -2.27. The molecular weight excluding hydrogens is 326 g/mol. The Hall–Kier alpha value is -0.840. The molecule has 2 aliphatic rings. The Kier molecular flexibility index (Phi) is 4.91. The van der Waals surface area contributed by atoms with Gasteiger partial charge < -0.3 is 9.64 Å². The molecule has 0 radical (unpaired) electrons. The standard InChI is InChI=1S/C12H21N5O3S2/c1-22(18,19)13-4-9-21-12-15-14-11(17(12)10-2-3-10)16-5-7-20-8-6-16/h10,13H,2-9H2,1H3. The molecule has 0 atom stereocenters. The number of sulfonamides is 1. The molecule has 1 aliphatic heterocycles. The summed E-state index contributed by atoms with van der Waals surface area (Å²) in [5.74, 6) is 1.56. The average Bonchev–Trinajstić information content (AvgIpc) is 3.23. The summed E-state index contributed by atoms with van der Waals surface area (Å²) in [5, 5.41) is 9.53. The molecule has 2 heterocycles. The van der Waals surface area contributed by atoms with Gasteiger partial charge in [-0.15, -0.1) is 10.2 Å². The van der Waals surface area contributed by atoms with Crippen LogP contribution < -0.4 is 9.62 Å². The molecule has 124 valence electrons. The van der Waals surface area contributed by atoms with Crippen molar-refractivity contribution in [2.45, 2.75) is 24.0 Å². The Morgan fingerprint density at radius 3 is 2.68 bits per heavy atom. The molecular formula is C12H21N5O3S2. The smallest absolute Gasteiger partial charge is 0.228 e. The molecule has 1 aliphatic carbocycles. The maximum atomic E-state index is 11.1. The minimum atomic E-state index is -3.13. The lowest BCUT2D eigenvalue weighted by atomic mass is 10.4. The highest BCUT2D eigenvalue weighted by Gasteiger charge is 2.32. The first-order chi connectivity index (χ1) is 10.5. The summed E-state index contributed by atoms with van der Waals surface area (Å²) in [6.45, 7) is 3.51. The molecule has 0 unspecified atom stereocenters. The highest BCUT2D eigenvalue weighted by molar-refractivity contribution is 7.99. The van der Waals surface area contributed by atoms with E-state index in [1.165, 1.54) is 6.26 Å². The predicted molar refractivity (Wildman–Crippen MR) is 84.9 cm³/mol. The maximum absolute atomic E-state index is 11.1. The van der Waals surface area contributed by atoms with E-state index in [1.54, 1.807) is 11.8 Å². The first-order valence-corrected chi connectivity index (χ1v) is 10.3. The van der Waals surface area contributed by atoms with Crippen LogP contribution in [-0.2, 0) is 14.8 Å². The van der Waals surface area contributed by atoms with Gasteiger partial charge in [0.25, 0.3) is 0 Å². The fourth-order valence-corrected chi connectivity index (χ4v) is 3.83. The van der Waals surface area contributed by atoms with Crippen LogP contribution in [0, 0.1) is 0 Å². The molecule has 10 heteroatoms. The number of ether oxygens (including phenoxy) is 1. The number of rotatable bonds is 7. The van der Waals surface area contributed by atoms with E-state index in [1.807, 2.05) is 0 Å². The lowest BCUT2D eigenvalue weighted by molar-refractivity contribution is 0.121. The molecule has 1 saturated carbocycles. The van der Waals surface area contributed by atoms with Crippen molar-refractivity contribution in [2.24, 2.45) is 0 Å². The Bertz CT molecular complexity index is 608. The molecule has 2 fully saturated rings. The van der Waals surface area contributed by atoms with Gasteiger partial charge in [-0.25, -0.2) is 13.1 Å². The van der Waals surface area contributed by atoms with E-state index in [0.29, 0.717) is 18.3 Å². The third kappa shape index (κ3) is 4.12. The third-order valence-corrected chi connectivity index (χ3v) is 5.22. The molecule has 1 saturated heterocycles. The van der Waals surface area contributed by atoms with E-state index in [0.717, 1.165) is 50.2 Å². The zero-order valence-corrected chi connectivity index (χ0v) is 14.2. The number of thioether (sulfide) groups is 1. The Balaban J connectivity index is 1.65. The van der Waals surface area contributed by atoms with Crippen LogP contribution in [0.25, 0.3) is 0 Å². The second-order valence-electron chi connectivity index (χ2n) is 5.50. The molecule has 1 N–H and O–H groups in total. The second-order valence-corrected chi connectivity index (χ2v) is 8.39. The van der Waals surface area contributed by atoms with Crippen molar-refractivity contribution in [3.8, 4) is 0 Å². The summed E-state index contributed by atoms with van der Waals surface area (Å²) in [7, 11) is -3.13. The molecule has 1 aromatic heterocycles. The number of anilines is 1. The van der Waals surface area contributed by atoms with Crippen LogP contribution in [0.3, 0.4) is 0 Å². The van der Waals surface area contributed by atoms with Gasteiger partial charge in [0.2, 0.25) is 16.0 Å². The zero-order chi connectivity index (χ0) is 15.6. The Labute approximate surface area is 134 Å². The number of morpholine rings is 1. The molecule has 1 aromatic rings. The highest BCUT2D eigenvalue weighted by atomic mass is 32.2. The quantitative estimate of drug-likeness (QED) is 0.552. The van der Waals surface area contributed by atoms with Crippen molar-refractivity contribution in [1.82, 2.24) is 19.5 Å². The lowest BCUT2D eigenvalue weighted by Crippen LogP contribution is -2.38. The number of hydrogen-bond acceptors (Lipinski definition) is 7. The van der Waals surface area contributed by atoms with E-state index in [9.17, 15) is 8.42 Å². The van der Waals surface area contributed by atoms with Crippen LogP contribution in [0.1, 0.15) is 18.9 Å². The van der Waals surface area contributed by atoms with Gasteiger partial charge in [-0.2, -0.15) is 0 Å².